The van der Waals surface area contributed by atoms with E-state index in [2.05, 4.69) is 15.5 Å². The van der Waals surface area contributed by atoms with Gasteiger partial charge in [0.15, 0.2) is 0 Å². The molecule has 2 aromatic heterocycles. The van der Waals surface area contributed by atoms with Gasteiger partial charge in [0, 0.05) is 18.4 Å². The van der Waals surface area contributed by atoms with Crippen molar-refractivity contribution in [2.75, 3.05) is 0 Å². The molecule has 0 aromatic carbocycles. The molecule has 0 atom stereocenters. The normalized spacial score (nSPS) is 15.9. The molecule has 2 N–H and O–H groups in total. The van der Waals surface area contributed by atoms with Crippen LogP contribution in [0.2, 0.25) is 0 Å². The van der Waals surface area contributed by atoms with Gasteiger partial charge in [0.05, 0.1) is 12.2 Å². The number of carbonyl (C=O) groups is 1. The number of H-pyrrole nitrogens is 1. The highest BCUT2D eigenvalue weighted by Gasteiger charge is 2.21. The number of aromatic nitrogens is 3. The van der Waals surface area contributed by atoms with Crippen LogP contribution in [0.5, 0.6) is 0 Å². The van der Waals surface area contributed by atoms with Gasteiger partial charge in [0.25, 0.3) is 11.5 Å². The summed E-state index contributed by atoms with van der Waals surface area (Å²) in [4.78, 5) is 25.0. The quantitative estimate of drug-likeness (QED) is 0.895. The molecule has 0 aliphatic heterocycles. The first-order valence-corrected chi connectivity index (χ1v) is 8.70. The third-order valence-corrected chi connectivity index (χ3v) is 5.29. The highest BCUT2D eigenvalue weighted by molar-refractivity contribution is 5.94. The number of amides is 1. The largest absolute Gasteiger partial charge is 0.346 e. The molecule has 0 saturated carbocycles. The third kappa shape index (κ3) is 2.46. The number of aromatic amines is 1. The smallest absolute Gasteiger partial charge is 0.263 e. The lowest BCUT2D eigenvalue weighted by molar-refractivity contribution is 0.0948. The van der Waals surface area contributed by atoms with Crippen molar-refractivity contribution in [3.63, 3.8) is 0 Å². The van der Waals surface area contributed by atoms with Gasteiger partial charge in [-0.15, -0.1) is 0 Å². The maximum absolute atomic E-state index is 12.5. The molecule has 2 aromatic rings. The fourth-order valence-corrected chi connectivity index (χ4v) is 3.95. The zero-order valence-electron chi connectivity index (χ0n) is 13.9. The Morgan fingerprint density at radius 1 is 1.25 bits per heavy atom. The first-order chi connectivity index (χ1) is 11.6. The van der Waals surface area contributed by atoms with Crippen molar-refractivity contribution in [3.05, 3.63) is 50.2 Å². The summed E-state index contributed by atoms with van der Waals surface area (Å²) >= 11 is 0. The second-order valence-electron chi connectivity index (χ2n) is 6.76. The standard InChI is InChI=1S/C18H22N4O2/c1-22-16-8-3-2-5-11(16)9-13(18(22)24)17(23)19-10-15-12-6-4-7-14(12)20-21-15/h9H,2-8,10H2,1H3,(H,19,23)(H,20,21). The van der Waals surface area contributed by atoms with Gasteiger partial charge in [0.2, 0.25) is 0 Å². The maximum atomic E-state index is 12.5. The molecule has 24 heavy (non-hydrogen) atoms. The van der Waals surface area contributed by atoms with Gasteiger partial charge < -0.3 is 9.88 Å². The van der Waals surface area contributed by atoms with E-state index in [1.165, 1.54) is 11.3 Å². The van der Waals surface area contributed by atoms with Crippen LogP contribution < -0.4 is 10.9 Å². The van der Waals surface area contributed by atoms with E-state index in [1.54, 1.807) is 17.7 Å². The molecule has 6 heteroatoms. The van der Waals surface area contributed by atoms with Crippen molar-refractivity contribution < 1.29 is 4.79 Å². The minimum absolute atomic E-state index is 0.208. The molecule has 2 aliphatic carbocycles. The van der Waals surface area contributed by atoms with E-state index in [4.69, 9.17) is 0 Å². The van der Waals surface area contributed by atoms with Crippen LogP contribution in [0.25, 0.3) is 0 Å². The topological polar surface area (TPSA) is 79.8 Å². The SMILES string of the molecule is Cn1c2c(cc(C(=O)NCc3n[nH]c4c3CCC4)c1=O)CCCC2. The number of hydrogen-bond donors (Lipinski definition) is 2. The molecular formula is C18H22N4O2. The number of nitrogens with one attached hydrogen (secondary N) is 2. The van der Waals surface area contributed by atoms with Crippen LogP contribution >= 0.6 is 0 Å². The Morgan fingerprint density at radius 2 is 2.08 bits per heavy atom. The second kappa shape index (κ2) is 5.92. The first-order valence-electron chi connectivity index (χ1n) is 8.70. The summed E-state index contributed by atoms with van der Waals surface area (Å²) in [5.74, 6) is -0.307. The molecule has 2 aliphatic rings. The van der Waals surface area contributed by atoms with E-state index >= 15 is 0 Å². The number of aryl methyl sites for hydroxylation is 2. The predicted molar refractivity (Wildman–Crippen MR) is 90.1 cm³/mol. The van der Waals surface area contributed by atoms with E-state index < -0.39 is 0 Å². The third-order valence-electron chi connectivity index (χ3n) is 5.29. The van der Waals surface area contributed by atoms with Crippen molar-refractivity contribution in [3.8, 4) is 0 Å². The molecule has 126 valence electrons. The van der Waals surface area contributed by atoms with E-state index in [0.717, 1.165) is 61.9 Å². The Kier molecular flexibility index (Phi) is 3.75. The lowest BCUT2D eigenvalue weighted by Crippen LogP contribution is -2.34. The van der Waals surface area contributed by atoms with Gasteiger partial charge in [-0.05, 0) is 62.1 Å². The fourth-order valence-electron chi connectivity index (χ4n) is 3.95. The summed E-state index contributed by atoms with van der Waals surface area (Å²) in [6.45, 7) is 0.366. The predicted octanol–water partition coefficient (Wildman–Crippen LogP) is 1.41. The summed E-state index contributed by atoms with van der Waals surface area (Å²) in [6, 6.07) is 1.79. The van der Waals surface area contributed by atoms with E-state index in [1.807, 2.05) is 0 Å². The monoisotopic (exact) mass is 326 g/mol. The van der Waals surface area contributed by atoms with Crippen molar-refractivity contribution in [2.24, 2.45) is 7.05 Å². The molecular weight excluding hydrogens is 304 g/mol. The van der Waals surface area contributed by atoms with Crippen LogP contribution in [0.1, 0.15) is 57.8 Å². The average Bonchev–Trinajstić information content (AvgIpc) is 3.20. The summed E-state index contributed by atoms with van der Waals surface area (Å²) in [5, 5.41) is 10.2. The Bertz CT molecular complexity index is 863. The van der Waals surface area contributed by atoms with Crippen LogP contribution in [0, 0.1) is 0 Å². The van der Waals surface area contributed by atoms with E-state index in [0.29, 0.717) is 6.54 Å². The summed E-state index contributed by atoms with van der Waals surface area (Å²) in [7, 11) is 1.77. The average molecular weight is 326 g/mol. The molecule has 0 spiro atoms. The lowest BCUT2D eigenvalue weighted by atomic mass is 9.94. The van der Waals surface area contributed by atoms with Crippen LogP contribution in [0.15, 0.2) is 10.9 Å². The Balaban J connectivity index is 1.56. The highest BCUT2D eigenvalue weighted by Crippen LogP contribution is 2.23. The molecule has 1 amide bonds. The summed E-state index contributed by atoms with van der Waals surface area (Å²) in [6.07, 6.45) is 7.26. The van der Waals surface area contributed by atoms with E-state index in [9.17, 15) is 9.59 Å². The van der Waals surface area contributed by atoms with Crippen molar-refractivity contribution >= 4 is 5.91 Å². The number of rotatable bonds is 3. The minimum atomic E-state index is -0.307. The number of nitrogens with zero attached hydrogens (tertiary/aromatic N) is 2. The first kappa shape index (κ1) is 15.2. The van der Waals surface area contributed by atoms with Crippen LogP contribution in [-0.4, -0.2) is 20.7 Å². The van der Waals surface area contributed by atoms with Crippen molar-refractivity contribution in [1.29, 1.82) is 0 Å². The summed E-state index contributed by atoms with van der Waals surface area (Å²) < 4.78 is 1.65. The van der Waals surface area contributed by atoms with Gasteiger partial charge in [-0.3, -0.25) is 14.7 Å². The number of hydrogen-bond acceptors (Lipinski definition) is 3. The molecule has 0 bridgehead atoms. The maximum Gasteiger partial charge on any atom is 0.263 e. The zero-order chi connectivity index (χ0) is 16.7. The van der Waals surface area contributed by atoms with E-state index in [-0.39, 0.29) is 17.0 Å². The van der Waals surface area contributed by atoms with Crippen LogP contribution in [0.3, 0.4) is 0 Å². The van der Waals surface area contributed by atoms with Gasteiger partial charge >= 0.3 is 0 Å². The fraction of sp³-hybridized carbons (Fsp3) is 0.500. The van der Waals surface area contributed by atoms with Gasteiger partial charge in [-0.2, -0.15) is 5.10 Å². The summed E-state index contributed by atoms with van der Waals surface area (Å²) in [5.41, 5.74) is 5.55. The van der Waals surface area contributed by atoms with Crippen LogP contribution in [-0.2, 0) is 39.3 Å². The zero-order valence-corrected chi connectivity index (χ0v) is 13.9. The van der Waals surface area contributed by atoms with Crippen molar-refractivity contribution in [1.82, 2.24) is 20.1 Å². The van der Waals surface area contributed by atoms with Gasteiger partial charge in [-0.25, -0.2) is 0 Å². The highest BCUT2D eigenvalue weighted by atomic mass is 16.2. The molecule has 0 radical (unpaired) electrons. The number of fused-ring (bicyclic) bond motifs is 2. The molecule has 2 heterocycles. The molecule has 0 saturated heterocycles. The molecule has 4 rings (SSSR count). The number of carbonyl (C=O) groups excluding carboxylic acids is 1. The number of pyridine rings is 1. The van der Waals surface area contributed by atoms with Gasteiger partial charge in [-0.1, -0.05) is 0 Å². The molecule has 0 fully saturated rings. The minimum Gasteiger partial charge on any atom is -0.346 e. The Labute approximate surface area is 140 Å². The van der Waals surface area contributed by atoms with Crippen LogP contribution in [0.4, 0.5) is 0 Å². The second-order valence-corrected chi connectivity index (χ2v) is 6.76. The Morgan fingerprint density at radius 3 is 2.96 bits per heavy atom. The van der Waals surface area contributed by atoms with Crippen molar-refractivity contribution in [2.45, 2.75) is 51.5 Å². The molecule has 6 nitrogen and oxygen atoms in total. The Hall–Kier alpha value is -2.37. The lowest BCUT2D eigenvalue weighted by Gasteiger charge is -2.20. The van der Waals surface area contributed by atoms with Gasteiger partial charge in [0.1, 0.15) is 5.56 Å². The molecule has 0 unspecified atom stereocenters.